The highest BCUT2D eigenvalue weighted by molar-refractivity contribution is 7.89. The number of hydrogen-bond donors (Lipinski definition) is 2. The molecular weight excluding hydrogens is 428 g/mol. The molecule has 0 heterocycles. The minimum atomic E-state index is -3.69. The molecule has 1 aromatic carbocycles. The lowest BCUT2D eigenvalue weighted by molar-refractivity contribution is -0.128. The molecule has 4 saturated carbocycles. The molecule has 4 fully saturated rings. The van der Waals surface area contributed by atoms with Gasteiger partial charge >= 0.3 is 5.97 Å². The van der Waals surface area contributed by atoms with Crippen LogP contribution in [0.4, 0.5) is 0 Å². The van der Waals surface area contributed by atoms with Crippen molar-refractivity contribution >= 4 is 21.9 Å². The van der Waals surface area contributed by atoms with Gasteiger partial charge in [0.2, 0.25) is 10.0 Å². The van der Waals surface area contributed by atoms with Crippen LogP contribution < -0.4 is 10.0 Å². The van der Waals surface area contributed by atoms with Gasteiger partial charge in [0.25, 0.3) is 5.91 Å². The van der Waals surface area contributed by atoms with Gasteiger partial charge < -0.3 is 10.1 Å². The molecule has 1 unspecified atom stereocenters. The van der Waals surface area contributed by atoms with Crippen LogP contribution in [0.25, 0.3) is 0 Å². The zero-order valence-corrected chi connectivity index (χ0v) is 20.0. The number of hydrogen-bond acceptors (Lipinski definition) is 5. The Morgan fingerprint density at radius 2 is 1.72 bits per heavy atom. The fourth-order valence-electron chi connectivity index (χ4n) is 6.61. The summed E-state index contributed by atoms with van der Waals surface area (Å²) in [6.45, 7) is 5.35. The van der Waals surface area contributed by atoms with E-state index in [-0.39, 0.29) is 41.0 Å². The summed E-state index contributed by atoms with van der Waals surface area (Å²) >= 11 is 0. The molecule has 1 amide bonds. The molecule has 2 N–H and O–H groups in total. The fourth-order valence-corrected chi connectivity index (χ4v) is 7.68. The number of ether oxygens (including phenoxy) is 1. The third-order valence-electron chi connectivity index (χ3n) is 7.79. The van der Waals surface area contributed by atoms with Crippen LogP contribution in [-0.2, 0) is 19.6 Å². The Hall–Kier alpha value is -1.93. The van der Waals surface area contributed by atoms with E-state index in [1.165, 1.54) is 50.7 Å². The van der Waals surface area contributed by atoms with Crippen molar-refractivity contribution in [3.63, 3.8) is 0 Å². The number of carbonyl (C=O) groups excluding carboxylic acids is 2. The van der Waals surface area contributed by atoms with Crippen LogP contribution in [0.3, 0.4) is 0 Å². The van der Waals surface area contributed by atoms with Crippen molar-refractivity contribution < 1.29 is 22.7 Å². The lowest BCUT2D eigenvalue weighted by atomic mass is 9.48. The maximum absolute atomic E-state index is 12.6. The third-order valence-corrected chi connectivity index (χ3v) is 9.33. The molecule has 0 saturated heterocycles. The summed E-state index contributed by atoms with van der Waals surface area (Å²) in [4.78, 5) is 25.2. The number of benzene rings is 1. The summed E-state index contributed by atoms with van der Waals surface area (Å²) in [7, 11) is -3.69. The lowest BCUT2D eigenvalue weighted by Crippen LogP contribution is -2.56. The molecule has 176 valence electrons. The fraction of sp³-hybridized carbons (Fsp3) is 0.667. The molecule has 1 aromatic rings. The van der Waals surface area contributed by atoms with Gasteiger partial charge in [-0.3, -0.25) is 4.79 Å². The van der Waals surface area contributed by atoms with Gasteiger partial charge in [0.1, 0.15) is 0 Å². The minimum Gasteiger partial charge on any atom is -0.452 e. The summed E-state index contributed by atoms with van der Waals surface area (Å²) in [5, 5.41) is 3.09. The van der Waals surface area contributed by atoms with E-state index in [2.05, 4.69) is 17.0 Å². The standard InChI is InChI=1S/C24H34N2O5S/c1-4-25-32(29,30)20-6-5-15(2)21(10-20)23(28)31-14-22(27)26-16(3)24-11-17-7-18(12-24)9-19(8-17)13-24/h5-6,10,16-19,25H,4,7-9,11-14H2,1-3H3,(H,26,27). The molecule has 8 heteroatoms. The number of aryl methyl sites for hydroxylation is 1. The van der Waals surface area contributed by atoms with E-state index in [0.717, 1.165) is 17.8 Å². The highest BCUT2D eigenvalue weighted by Gasteiger charge is 2.53. The van der Waals surface area contributed by atoms with Gasteiger partial charge in [0, 0.05) is 12.6 Å². The largest absolute Gasteiger partial charge is 0.452 e. The average Bonchev–Trinajstić information content (AvgIpc) is 2.71. The first-order chi connectivity index (χ1) is 15.1. The van der Waals surface area contributed by atoms with Crippen LogP contribution in [0.15, 0.2) is 23.1 Å². The zero-order chi connectivity index (χ0) is 23.1. The Labute approximate surface area is 190 Å². The van der Waals surface area contributed by atoms with E-state index in [0.29, 0.717) is 5.56 Å². The second kappa shape index (κ2) is 8.78. The summed E-state index contributed by atoms with van der Waals surface area (Å²) in [5.74, 6) is 1.39. The molecule has 4 bridgehead atoms. The van der Waals surface area contributed by atoms with Gasteiger partial charge in [-0.05, 0) is 93.2 Å². The Balaban J connectivity index is 1.36. The third kappa shape index (κ3) is 4.57. The second-order valence-corrected chi connectivity index (χ2v) is 11.9. The number of esters is 1. The molecule has 0 spiro atoms. The first kappa shape index (κ1) is 23.2. The monoisotopic (exact) mass is 462 g/mol. The van der Waals surface area contributed by atoms with E-state index in [9.17, 15) is 18.0 Å². The van der Waals surface area contributed by atoms with Crippen LogP contribution in [0.2, 0.25) is 0 Å². The normalized spacial score (nSPS) is 29.5. The number of carbonyl (C=O) groups is 2. The minimum absolute atomic E-state index is 0.00297. The highest BCUT2D eigenvalue weighted by Crippen LogP contribution is 2.61. The summed E-state index contributed by atoms with van der Waals surface area (Å²) in [5.41, 5.74) is 0.915. The van der Waals surface area contributed by atoms with Crippen LogP contribution in [-0.4, -0.2) is 39.5 Å². The Bertz CT molecular complexity index is 968. The molecule has 0 aromatic heterocycles. The van der Waals surface area contributed by atoms with Gasteiger partial charge in [-0.15, -0.1) is 0 Å². The molecular formula is C24H34N2O5S. The number of nitrogens with one attached hydrogen (secondary N) is 2. The van der Waals surface area contributed by atoms with E-state index in [1.807, 2.05) is 0 Å². The van der Waals surface area contributed by atoms with Crippen molar-refractivity contribution in [2.75, 3.05) is 13.2 Å². The van der Waals surface area contributed by atoms with E-state index in [1.54, 1.807) is 19.9 Å². The second-order valence-electron chi connectivity index (χ2n) is 10.1. The number of rotatable bonds is 8. The quantitative estimate of drug-likeness (QED) is 0.578. The number of sulfonamides is 1. The lowest BCUT2D eigenvalue weighted by Gasteiger charge is -2.59. The molecule has 32 heavy (non-hydrogen) atoms. The topological polar surface area (TPSA) is 102 Å². The Morgan fingerprint density at radius 3 is 2.28 bits per heavy atom. The molecule has 4 aliphatic carbocycles. The summed E-state index contributed by atoms with van der Waals surface area (Å²) in [6.07, 6.45) is 7.60. The van der Waals surface area contributed by atoms with Crippen molar-refractivity contribution in [3.8, 4) is 0 Å². The maximum atomic E-state index is 12.6. The SMILES string of the molecule is CCNS(=O)(=O)c1ccc(C)c(C(=O)OCC(=O)NC(C)C23CC4CC(CC(C4)C2)C3)c1. The van der Waals surface area contributed by atoms with E-state index >= 15 is 0 Å². The van der Waals surface area contributed by atoms with Crippen LogP contribution in [0, 0.1) is 30.1 Å². The van der Waals surface area contributed by atoms with Crippen LogP contribution in [0.5, 0.6) is 0 Å². The van der Waals surface area contributed by atoms with Crippen LogP contribution in [0.1, 0.15) is 68.3 Å². The average molecular weight is 463 g/mol. The molecule has 4 aliphatic rings. The molecule has 1 atom stereocenters. The van der Waals surface area contributed by atoms with Gasteiger partial charge in [-0.25, -0.2) is 17.9 Å². The van der Waals surface area contributed by atoms with Gasteiger partial charge in [-0.1, -0.05) is 13.0 Å². The van der Waals surface area contributed by atoms with E-state index < -0.39 is 16.0 Å². The van der Waals surface area contributed by atoms with E-state index in [4.69, 9.17) is 4.74 Å². The van der Waals surface area contributed by atoms with Crippen molar-refractivity contribution in [1.29, 1.82) is 0 Å². The molecule has 0 aliphatic heterocycles. The van der Waals surface area contributed by atoms with Crippen molar-refractivity contribution in [2.45, 2.75) is 70.2 Å². The Morgan fingerprint density at radius 1 is 1.12 bits per heavy atom. The zero-order valence-electron chi connectivity index (χ0n) is 19.1. The summed E-state index contributed by atoms with van der Waals surface area (Å²) < 4.78 is 32.1. The molecule has 5 rings (SSSR count). The predicted octanol–water partition coefficient (Wildman–Crippen LogP) is 3.17. The molecule has 7 nitrogen and oxygen atoms in total. The first-order valence-corrected chi connectivity index (χ1v) is 13.2. The maximum Gasteiger partial charge on any atom is 0.338 e. The van der Waals surface area contributed by atoms with Crippen LogP contribution >= 0.6 is 0 Å². The van der Waals surface area contributed by atoms with Crippen molar-refractivity contribution in [1.82, 2.24) is 10.0 Å². The van der Waals surface area contributed by atoms with Gasteiger partial charge in [-0.2, -0.15) is 0 Å². The molecule has 0 radical (unpaired) electrons. The smallest absolute Gasteiger partial charge is 0.338 e. The van der Waals surface area contributed by atoms with Gasteiger partial charge in [0.05, 0.1) is 10.5 Å². The van der Waals surface area contributed by atoms with Crippen molar-refractivity contribution in [3.05, 3.63) is 29.3 Å². The van der Waals surface area contributed by atoms with Gasteiger partial charge in [0.15, 0.2) is 6.61 Å². The predicted molar refractivity (Wildman–Crippen MR) is 121 cm³/mol. The highest BCUT2D eigenvalue weighted by atomic mass is 32.2. The Kier molecular flexibility index (Phi) is 6.38. The summed E-state index contributed by atoms with van der Waals surface area (Å²) in [6, 6.07) is 4.36. The number of amides is 1. The first-order valence-electron chi connectivity index (χ1n) is 11.7. The van der Waals surface area contributed by atoms with Crippen molar-refractivity contribution in [2.24, 2.45) is 23.2 Å².